The normalized spacial score (nSPS) is 11.3. The molecule has 1 amide bonds. The Morgan fingerprint density at radius 1 is 1.32 bits per heavy atom. The number of hydrogen-bond donors (Lipinski definition) is 1. The summed E-state index contributed by atoms with van der Waals surface area (Å²) in [5.74, 6) is -0.420. The van der Waals surface area contributed by atoms with E-state index in [9.17, 15) is 18.0 Å². The minimum absolute atomic E-state index is 0.402. The van der Waals surface area contributed by atoms with Gasteiger partial charge >= 0.3 is 6.18 Å². The van der Waals surface area contributed by atoms with Crippen molar-refractivity contribution in [3.05, 3.63) is 35.3 Å². The molecule has 4 nitrogen and oxygen atoms in total. The molecule has 0 fully saturated rings. The van der Waals surface area contributed by atoms with Crippen LogP contribution in [0, 0.1) is 6.92 Å². The molecule has 0 spiro atoms. The summed E-state index contributed by atoms with van der Waals surface area (Å²) in [6.45, 7) is 0.0698. The molecule has 0 bridgehead atoms. The molecule has 0 aliphatic carbocycles. The average Bonchev–Trinajstić information content (AvgIpc) is 2.89. The van der Waals surface area contributed by atoms with Gasteiger partial charge in [0.2, 0.25) is 0 Å². The van der Waals surface area contributed by atoms with Crippen LogP contribution in [0.5, 0.6) is 5.75 Å². The summed E-state index contributed by atoms with van der Waals surface area (Å²) in [6.07, 6.45) is -4.43. The van der Waals surface area contributed by atoms with Crippen molar-refractivity contribution in [2.75, 3.05) is 13.2 Å². The molecule has 1 aromatic heterocycles. The Morgan fingerprint density at radius 3 is 2.55 bits per heavy atom. The number of thiazole rings is 1. The fourth-order valence-corrected chi connectivity index (χ4v) is 2.38. The first-order valence-corrected chi connectivity index (χ1v) is 7.20. The molecule has 22 heavy (non-hydrogen) atoms. The van der Waals surface area contributed by atoms with Crippen LogP contribution < -0.4 is 10.1 Å². The second-order valence-corrected chi connectivity index (χ2v) is 5.36. The number of nitrogens with zero attached hydrogens (tertiary/aromatic N) is 1. The number of aromatic nitrogens is 1. The van der Waals surface area contributed by atoms with Gasteiger partial charge in [0.25, 0.3) is 5.91 Å². The summed E-state index contributed by atoms with van der Waals surface area (Å²) in [6, 6.07) is 6.84. The molecule has 118 valence electrons. The first-order valence-electron chi connectivity index (χ1n) is 6.32. The zero-order valence-electron chi connectivity index (χ0n) is 11.6. The molecule has 1 N–H and O–H groups in total. The monoisotopic (exact) mass is 330 g/mol. The molecule has 1 aromatic carbocycles. The molecule has 0 aliphatic rings. The van der Waals surface area contributed by atoms with Crippen LogP contribution >= 0.6 is 11.3 Å². The van der Waals surface area contributed by atoms with E-state index in [2.05, 4.69) is 4.98 Å². The van der Waals surface area contributed by atoms with Crippen LogP contribution in [0.3, 0.4) is 0 Å². The molecule has 1 heterocycles. The number of carbonyl (C=O) groups excluding carboxylic acids is 1. The number of carbonyl (C=O) groups is 1. The Labute approximate surface area is 128 Å². The number of benzene rings is 1. The van der Waals surface area contributed by atoms with Gasteiger partial charge in [-0.3, -0.25) is 4.79 Å². The Morgan fingerprint density at radius 2 is 2.00 bits per heavy atom. The molecular formula is C14H13F3N2O2S. The Kier molecular flexibility index (Phi) is 5.02. The van der Waals surface area contributed by atoms with Gasteiger partial charge in [-0.25, -0.2) is 4.98 Å². The van der Waals surface area contributed by atoms with Gasteiger partial charge < -0.3 is 10.1 Å². The summed E-state index contributed by atoms with van der Waals surface area (Å²) >= 11 is 1.51. The lowest BCUT2D eigenvalue weighted by atomic mass is 10.2. The van der Waals surface area contributed by atoms with Crippen LogP contribution in [0.4, 0.5) is 13.2 Å². The minimum atomic E-state index is -4.43. The third-order valence-electron chi connectivity index (χ3n) is 2.58. The zero-order valence-corrected chi connectivity index (χ0v) is 12.4. The lowest BCUT2D eigenvalue weighted by molar-refractivity contribution is -0.139. The van der Waals surface area contributed by atoms with Crippen molar-refractivity contribution in [1.82, 2.24) is 10.3 Å². The van der Waals surface area contributed by atoms with E-state index in [0.29, 0.717) is 5.75 Å². The van der Waals surface area contributed by atoms with Gasteiger partial charge in [0.05, 0.1) is 0 Å². The quantitative estimate of drug-likeness (QED) is 0.916. The van der Waals surface area contributed by atoms with Crippen LogP contribution in [0.15, 0.2) is 29.6 Å². The third kappa shape index (κ3) is 5.03. The molecule has 2 rings (SSSR count). The van der Waals surface area contributed by atoms with E-state index in [0.717, 1.165) is 16.3 Å². The average molecular weight is 330 g/mol. The number of aryl methyl sites for hydroxylation is 1. The van der Waals surface area contributed by atoms with E-state index < -0.39 is 25.2 Å². The minimum Gasteiger partial charge on any atom is -0.484 e. The Hall–Kier alpha value is -2.09. The smallest absolute Gasteiger partial charge is 0.405 e. The van der Waals surface area contributed by atoms with Gasteiger partial charge in [-0.1, -0.05) is 0 Å². The van der Waals surface area contributed by atoms with Gasteiger partial charge in [-0.2, -0.15) is 13.2 Å². The van der Waals surface area contributed by atoms with Crippen molar-refractivity contribution in [3.8, 4) is 16.3 Å². The van der Waals surface area contributed by atoms with Crippen molar-refractivity contribution in [2.24, 2.45) is 0 Å². The maximum atomic E-state index is 11.9. The Bertz CT molecular complexity index is 638. The van der Waals surface area contributed by atoms with E-state index in [1.54, 1.807) is 29.6 Å². The van der Waals surface area contributed by atoms with E-state index in [1.807, 2.05) is 12.3 Å². The fourth-order valence-electron chi connectivity index (χ4n) is 1.58. The van der Waals surface area contributed by atoms with Crippen molar-refractivity contribution < 1.29 is 22.7 Å². The number of nitrogens with one attached hydrogen (secondary N) is 1. The standard InChI is InChI=1S/C14H13F3N2O2S/c1-9-7-22-13(19-9)10-2-4-11(5-3-10)21-6-12(20)18-8-14(15,16)17/h2-5,7H,6,8H2,1H3,(H,18,20). The highest BCUT2D eigenvalue weighted by atomic mass is 32.1. The predicted octanol–water partition coefficient (Wildman–Crippen LogP) is 3.18. The highest BCUT2D eigenvalue weighted by molar-refractivity contribution is 7.13. The molecule has 0 saturated carbocycles. The first-order chi connectivity index (χ1) is 10.3. The topological polar surface area (TPSA) is 51.2 Å². The van der Waals surface area contributed by atoms with Gasteiger partial charge in [-0.15, -0.1) is 11.3 Å². The molecule has 2 aromatic rings. The summed E-state index contributed by atoms with van der Waals surface area (Å²) in [4.78, 5) is 15.5. The van der Waals surface area contributed by atoms with Crippen LogP contribution in [0.2, 0.25) is 0 Å². The largest absolute Gasteiger partial charge is 0.484 e. The van der Waals surface area contributed by atoms with Gasteiger partial charge in [0, 0.05) is 16.6 Å². The maximum Gasteiger partial charge on any atom is 0.405 e. The number of amides is 1. The molecule has 0 saturated heterocycles. The number of halogens is 3. The molecule has 8 heteroatoms. The lowest BCUT2D eigenvalue weighted by Gasteiger charge is -2.09. The van der Waals surface area contributed by atoms with E-state index in [1.165, 1.54) is 11.3 Å². The van der Waals surface area contributed by atoms with Gasteiger partial charge in [-0.05, 0) is 31.2 Å². The number of rotatable bonds is 5. The first kappa shape index (κ1) is 16.3. The van der Waals surface area contributed by atoms with E-state index >= 15 is 0 Å². The van der Waals surface area contributed by atoms with Crippen LogP contribution in [-0.2, 0) is 4.79 Å². The second kappa shape index (κ2) is 6.78. The lowest BCUT2D eigenvalue weighted by Crippen LogP contribution is -2.36. The Balaban J connectivity index is 1.85. The van der Waals surface area contributed by atoms with E-state index in [4.69, 9.17) is 4.74 Å². The molecule has 0 aliphatic heterocycles. The van der Waals surface area contributed by atoms with Crippen LogP contribution in [-0.4, -0.2) is 30.2 Å². The SMILES string of the molecule is Cc1csc(-c2ccc(OCC(=O)NCC(F)(F)F)cc2)n1. The molecular weight excluding hydrogens is 317 g/mol. The second-order valence-electron chi connectivity index (χ2n) is 4.50. The third-order valence-corrected chi connectivity index (χ3v) is 3.59. The highest BCUT2D eigenvalue weighted by Crippen LogP contribution is 2.25. The maximum absolute atomic E-state index is 11.9. The van der Waals surface area contributed by atoms with Gasteiger partial charge in [0.15, 0.2) is 6.61 Å². The number of alkyl halides is 3. The molecule has 0 radical (unpaired) electrons. The van der Waals surface area contributed by atoms with Crippen LogP contribution in [0.1, 0.15) is 5.69 Å². The van der Waals surface area contributed by atoms with Gasteiger partial charge in [0.1, 0.15) is 17.3 Å². The van der Waals surface area contributed by atoms with Crippen LogP contribution in [0.25, 0.3) is 10.6 Å². The van der Waals surface area contributed by atoms with Crippen molar-refractivity contribution >= 4 is 17.2 Å². The predicted molar refractivity (Wildman–Crippen MR) is 76.8 cm³/mol. The summed E-state index contributed by atoms with van der Waals surface area (Å²) in [7, 11) is 0. The number of ether oxygens (including phenoxy) is 1. The zero-order chi connectivity index (χ0) is 16.2. The number of hydrogen-bond acceptors (Lipinski definition) is 4. The highest BCUT2D eigenvalue weighted by Gasteiger charge is 2.27. The summed E-state index contributed by atoms with van der Waals surface area (Å²) < 4.78 is 40.9. The molecule has 0 unspecified atom stereocenters. The summed E-state index contributed by atoms with van der Waals surface area (Å²) in [5, 5.41) is 4.54. The van der Waals surface area contributed by atoms with Crippen molar-refractivity contribution in [1.29, 1.82) is 0 Å². The summed E-state index contributed by atoms with van der Waals surface area (Å²) in [5.41, 5.74) is 1.84. The molecule has 0 atom stereocenters. The van der Waals surface area contributed by atoms with Crippen molar-refractivity contribution in [2.45, 2.75) is 13.1 Å². The van der Waals surface area contributed by atoms with E-state index in [-0.39, 0.29) is 0 Å². The van der Waals surface area contributed by atoms with Crippen molar-refractivity contribution in [3.63, 3.8) is 0 Å². The fraction of sp³-hybridized carbons (Fsp3) is 0.286.